The lowest BCUT2D eigenvalue weighted by Crippen LogP contribution is -2.17. The topological polar surface area (TPSA) is 60.9 Å². The predicted octanol–water partition coefficient (Wildman–Crippen LogP) is 3.28. The molecule has 5 nitrogen and oxygen atoms in total. The zero-order valence-electron chi connectivity index (χ0n) is 14.5. The van der Waals surface area contributed by atoms with E-state index in [0.29, 0.717) is 5.56 Å². The molecule has 0 saturated carbocycles. The van der Waals surface area contributed by atoms with Crippen LogP contribution in [0.3, 0.4) is 0 Å². The molecule has 0 aromatic heterocycles. The van der Waals surface area contributed by atoms with Crippen molar-refractivity contribution in [3.8, 4) is 0 Å². The van der Waals surface area contributed by atoms with Gasteiger partial charge in [0.15, 0.2) is 5.78 Å². The van der Waals surface area contributed by atoms with E-state index >= 15 is 0 Å². The molecular weight excluding hydrogens is 316 g/mol. The van der Waals surface area contributed by atoms with E-state index in [2.05, 4.69) is 4.90 Å². The Kier molecular flexibility index (Phi) is 4.74. The maximum Gasteiger partial charge on any atom is 0.336 e. The van der Waals surface area contributed by atoms with Crippen molar-refractivity contribution in [3.63, 3.8) is 0 Å². The molecule has 0 bridgehead atoms. The molecule has 0 spiro atoms. The van der Waals surface area contributed by atoms with Gasteiger partial charge < -0.3 is 14.9 Å². The van der Waals surface area contributed by atoms with Gasteiger partial charge in [-0.25, -0.2) is 4.79 Å². The van der Waals surface area contributed by atoms with Gasteiger partial charge in [0.2, 0.25) is 0 Å². The van der Waals surface area contributed by atoms with Crippen molar-refractivity contribution in [2.75, 3.05) is 37.0 Å². The second kappa shape index (κ2) is 6.97. The van der Waals surface area contributed by atoms with Crippen LogP contribution in [0, 0.1) is 0 Å². The van der Waals surface area contributed by atoms with Crippen molar-refractivity contribution < 1.29 is 14.7 Å². The van der Waals surface area contributed by atoms with E-state index in [1.54, 1.807) is 24.3 Å². The molecule has 1 aliphatic rings. The fourth-order valence-electron chi connectivity index (χ4n) is 3.14. The van der Waals surface area contributed by atoms with Crippen molar-refractivity contribution in [3.05, 3.63) is 59.2 Å². The van der Waals surface area contributed by atoms with Crippen LogP contribution in [-0.2, 0) is 0 Å². The van der Waals surface area contributed by atoms with Gasteiger partial charge in [-0.15, -0.1) is 0 Å². The molecule has 3 rings (SSSR count). The molecular formula is C20H22N2O3. The fourth-order valence-corrected chi connectivity index (χ4v) is 3.14. The van der Waals surface area contributed by atoms with Crippen LogP contribution in [0.5, 0.6) is 0 Å². The molecule has 1 fully saturated rings. The minimum absolute atomic E-state index is 0.0276. The van der Waals surface area contributed by atoms with Gasteiger partial charge in [-0.3, -0.25) is 4.79 Å². The summed E-state index contributed by atoms with van der Waals surface area (Å²) in [7, 11) is 3.67. The van der Waals surface area contributed by atoms with Crippen molar-refractivity contribution in [2.24, 2.45) is 0 Å². The minimum Gasteiger partial charge on any atom is -0.478 e. The average Bonchev–Trinajstić information content (AvgIpc) is 3.15. The highest BCUT2D eigenvalue weighted by atomic mass is 16.4. The Bertz CT molecular complexity index is 791. The number of anilines is 2. The molecule has 0 atom stereocenters. The van der Waals surface area contributed by atoms with Gasteiger partial charge in [-0.05, 0) is 55.3 Å². The highest BCUT2D eigenvalue weighted by Gasteiger charge is 2.20. The number of hydrogen-bond acceptors (Lipinski definition) is 4. The zero-order chi connectivity index (χ0) is 18.0. The number of carbonyl (C=O) groups excluding carboxylic acids is 1. The number of ketones is 1. The number of carbonyl (C=O) groups is 2. The Morgan fingerprint density at radius 3 is 2.16 bits per heavy atom. The first-order valence-corrected chi connectivity index (χ1v) is 8.42. The highest BCUT2D eigenvalue weighted by Crippen LogP contribution is 2.24. The third-order valence-corrected chi connectivity index (χ3v) is 4.60. The van der Waals surface area contributed by atoms with Crippen LogP contribution in [-0.4, -0.2) is 44.0 Å². The average molecular weight is 338 g/mol. The van der Waals surface area contributed by atoms with E-state index in [-0.39, 0.29) is 16.9 Å². The van der Waals surface area contributed by atoms with Crippen LogP contribution >= 0.6 is 0 Å². The van der Waals surface area contributed by atoms with Crippen molar-refractivity contribution in [1.29, 1.82) is 0 Å². The van der Waals surface area contributed by atoms with Crippen LogP contribution in [0.2, 0.25) is 0 Å². The van der Waals surface area contributed by atoms with E-state index in [0.717, 1.165) is 24.5 Å². The Hall–Kier alpha value is -2.82. The van der Waals surface area contributed by atoms with Gasteiger partial charge in [-0.1, -0.05) is 0 Å². The Morgan fingerprint density at radius 2 is 1.60 bits per heavy atom. The third-order valence-electron chi connectivity index (χ3n) is 4.60. The van der Waals surface area contributed by atoms with Gasteiger partial charge in [0, 0.05) is 49.7 Å². The number of hydrogen-bond donors (Lipinski definition) is 1. The van der Waals surface area contributed by atoms with Crippen molar-refractivity contribution >= 4 is 23.1 Å². The molecule has 2 aromatic rings. The van der Waals surface area contributed by atoms with Crippen LogP contribution in [0.25, 0.3) is 0 Å². The van der Waals surface area contributed by atoms with Crippen molar-refractivity contribution in [1.82, 2.24) is 0 Å². The molecule has 1 heterocycles. The Balaban J connectivity index is 1.90. The van der Waals surface area contributed by atoms with Gasteiger partial charge in [0.25, 0.3) is 0 Å². The molecule has 1 saturated heterocycles. The summed E-state index contributed by atoms with van der Waals surface area (Å²) >= 11 is 0. The van der Waals surface area contributed by atoms with Crippen LogP contribution < -0.4 is 9.80 Å². The Labute approximate surface area is 147 Å². The second-order valence-corrected chi connectivity index (χ2v) is 6.50. The number of rotatable bonds is 5. The zero-order valence-corrected chi connectivity index (χ0v) is 14.5. The van der Waals surface area contributed by atoms with Crippen molar-refractivity contribution in [2.45, 2.75) is 12.8 Å². The fraction of sp³-hybridized carbons (Fsp3) is 0.300. The molecule has 0 radical (unpaired) electrons. The Morgan fingerprint density at radius 1 is 0.960 bits per heavy atom. The molecule has 0 unspecified atom stereocenters. The maximum absolute atomic E-state index is 12.8. The monoisotopic (exact) mass is 338 g/mol. The lowest BCUT2D eigenvalue weighted by molar-refractivity contribution is 0.0693. The number of carboxylic acid groups (broad SMARTS) is 1. The summed E-state index contributed by atoms with van der Waals surface area (Å²) in [5.41, 5.74) is 2.60. The van der Waals surface area contributed by atoms with Gasteiger partial charge >= 0.3 is 5.97 Å². The third kappa shape index (κ3) is 3.50. The summed E-state index contributed by atoms with van der Waals surface area (Å²) in [6.07, 6.45) is 2.39. The lowest BCUT2D eigenvalue weighted by Gasteiger charge is -2.18. The largest absolute Gasteiger partial charge is 0.478 e. The molecule has 130 valence electrons. The molecule has 1 aliphatic heterocycles. The smallest absolute Gasteiger partial charge is 0.336 e. The van der Waals surface area contributed by atoms with Gasteiger partial charge in [0.05, 0.1) is 5.56 Å². The SMILES string of the molecule is CN(C)c1ccc(C(=O)c2ccc(N3CCCC3)cc2)c(C(=O)O)c1. The quantitative estimate of drug-likeness (QED) is 0.848. The van der Waals surface area contributed by atoms with Gasteiger partial charge in [-0.2, -0.15) is 0 Å². The number of nitrogens with zero attached hydrogens (tertiary/aromatic N) is 2. The summed E-state index contributed by atoms with van der Waals surface area (Å²) in [5, 5.41) is 9.48. The van der Waals surface area contributed by atoms with E-state index in [1.807, 2.05) is 31.1 Å². The first kappa shape index (κ1) is 17.0. The normalized spacial score (nSPS) is 13.8. The maximum atomic E-state index is 12.8. The first-order valence-electron chi connectivity index (χ1n) is 8.42. The van der Waals surface area contributed by atoms with Gasteiger partial charge in [0.1, 0.15) is 0 Å². The van der Waals surface area contributed by atoms with E-state index < -0.39 is 5.97 Å². The molecule has 0 amide bonds. The molecule has 25 heavy (non-hydrogen) atoms. The first-order chi connectivity index (χ1) is 12.0. The molecule has 0 aliphatic carbocycles. The standard InChI is InChI=1S/C20H22N2O3/c1-21(2)16-9-10-17(18(13-16)20(24)25)19(23)14-5-7-15(8-6-14)22-11-3-4-12-22/h5-10,13H,3-4,11-12H2,1-2H3,(H,24,25). The van der Waals surface area contributed by atoms with Crippen LogP contribution in [0.4, 0.5) is 11.4 Å². The summed E-state index contributed by atoms with van der Waals surface area (Å²) in [6.45, 7) is 2.09. The number of benzene rings is 2. The van der Waals surface area contributed by atoms with E-state index in [4.69, 9.17) is 0 Å². The molecule has 5 heteroatoms. The van der Waals surface area contributed by atoms with E-state index in [9.17, 15) is 14.7 Å². The highest BCUT2D eigenvalue weighted by molar-refractivity contribution is 6.14. The minimum atomic E-state index is -1.10. The summed E-state index contributed by atoms with van der Waals surface area (Å²) in [4.78, 5) is 28.5. The number of aromatic carboxylic acids is 1. The van der Waals surface area contributed by atoms with Crippen LogP contribution in [0.1, 0.15) is 39.1 Å². The van der Waals surface area contributed by atoms with E-state index in [1.165, 1.54) is 18.9 Å². The molecule has 1 N–H and O–H groups in total. The lowest BCUT2D eigenvalue weighted by atomic mass is 9.97. The molecule has 2 aromatic carbocycles. The second-order valence-electron chi connectivity index (χ2n) is 6.50. The summed E-state index contributed by atoms with van der Waals surface area (Å²) in [5.74, 6) is -1.36. The summed E-state index contributed by atoms with van der Waals surface area (Å²) in [6, 6.07) is 12.3. The predicted molar refractivity (Wildman–Crippen MR) is 99.0 cm³/mol. The summed E-state index contributed by atoms with van der Waals surface area (Å²) < 4.78 is 0. The number of carboxylic acids is 1. The van der Waals surface area contributed by atoms with Crippen LogP contribution in [0.15, 0.2) is 42.5 Å².